The predicted molar refractivity (Wildman–Crippen MR) is 122 cm³/mol. The van der Waals surface area contributed by atoms with E-state index in [1.807, 2.05) is 31.3 Å². The monoisotopic (exact) mass is 418 g/mol. The van der Waals surface area contributed by atoms with Crippen molar-refractivity contribution in [3.05, 3.63) is 65.9 Å². The highest BCUT2D eigenvalue weighted by Gasteiger charge is 2.11. The van der Waals surface area contributed by atoms with E-state index >= 15 is 0 Å². The molecule has 3 aromatic heterocycles. The van der Waals surface area contributed by atoms with Gasteiger partial charge in [0, 0.05) is 26.0 Å². The van der Waals surface area contributed by atoms with Crippen molar-refractivity contribution in [3.8, 4) is 0 Å². The number of carbonyl (C=O) groups is 1. The fraction of sp³-hybridized carbons (Fsp3) is 0.182. The number of nitrogens with one attached hydrogen (secondary N) is 2. The molecule has 152 valence electrons. The molecule has 1 aromatic carbocycles. The third kappa shape index (κ3) is 4.38. The van der Waals surface area contributed by atoms with Gasteiger partial charge in [-0.05, 0) is 48.9 Å². The maximum atomic E-state index is 11.6. The van der Waals surface area contributed by atoms with Crippen molar-refractivity contribution in [2.24, 2.45) is 0 Å². The Balaban J connectivity index is 1.55. The number of amides is 1. The van der Waals surface area contributed by atoms with E-state index in [4.69, 9.17) is 4.98 Å². The lowest BCUT2D eigenvalue weighted by Crippen LogP contribution is -2.19. The van der Waals surface area contributed by atoms with E-state index in [-0.39, 0.29) is 5.91 Å². The van der Waals surface area contributed by atoms with Crippen LogP contribution in [-0.4, -0.2) is 35.0 Å². The quantitative estimate of drug-likeness (QED) is 0.488. The molecule has 0 atom stereocenters. The first-order chi connectivity index (χ1) is 14.5. The second kappa shape index (κ2) is 8.46. The normalized spacial score (nSPS) is 10.8. The number of aryl methyl sites for hydroxylation is 1. The van der Waals surface area contributed by atoms with Crippen LogP contribution in [0.5, 0.6) is 0 Å². The lowest BCUT2D eigenvalue weighted by Gasteiger charge is -2.18. The summed E-state index contributed by atoms with van der Waals surface area (Å²) in [4.78, 5) is 28.2. The van der Waals surface area contributed by atoms with Crippen LogP contribution >= 0.6 is 11.3 Å². The second-order valence-electron chi connectivity index (χ2n) is 6.93. The Labute approximate surface area is 178 Å². The van der Waals surface area contributed by atoms with E-state index in [0.29, 0.717) is 17.4 Å². The van der Waals surface area contributed by atoms with Crippen LogP contribution in [0.1, 0.15) is 11.1 Å². The fourth-order valence-corrected chi connectivity index (χ4v) is 3.82. The van der Waals surface area contributed by atoms with Gasteiger partial charge >= 0.3 is 0 Å². The number of pyridine rings is 2. The number of aromatic nitrogens is 3. The van der Waals surface area contributed by atoms with Gasteiger partial charge in [-0.1, -0.05) is 29.0 Å². The van der Waals surface area contributed by atoms with Crippen LogP contribution in [0.3, 0.4) is 0 Å². The Hall–Kier alpha value is -3.52. The lowest BCUT2D eigenvalue weighted by molar-refractivity contribution is -0.119. The first kappa shape index (κ1) is 19.8. The molecule has 0 fully saturated rings. The fourth-order valence-electron chi connectivity index (χ4n) is 2.98. The first-order valence-corrected chi connectivity index (χ1v) is 10.3. The van der Waals surface area contributed by atoms with E-state index in [1.165, 1.54) is 16.9 Å². The van der Waals surface area contributed by atoms with Crippen molar-refractivity contribution in [2.75, 3.05) is 24.3 Å². The molecule has 0 saturated carbocycles. The predicted octanol–water partition coefficient (Wildman–Crippen LogP) is 4.19. The molecule has 0 aliphatic carbocycles. The SMILES string of the molecule is CNC(=O)Cc1ccnc(Nc2nc3ccc(N(C)c4ccc(C)cc4)nc3s2)c1. The molecule has 0 saturated heterocycles. The smallest absolute Gasteiger partial charge is 0.224 e. The molecule has 0 spiro atoms. The van der Waals surface area contributed by atoms with Crippen LogP contribution in [-0.2, 0) is 11.2 Å². The van der Waals surface area contributed by atoms with Gasteiger partial charge in [-0.2, -0.15) is 0 Å². The van der Waals surface area contributed by atoms with Gasteiger partial charge in [-0.25, -0.2) is 15.0 Å². The van der Waals surface area contributed by atoms with E-state index in [1.54, 1.807) is 13.2 Å². The Morgan fingerprint density at radius 2 is 1.90 bits per heavy atom. The standard InChI is InChI=1S/C22H22N6OS/c1-14-4-6-16(7-5-14)28(3)19-9-8-17-21(27-19)30-22(25-17)26-18-12-15(10-11-24-18)13-20(29)23-2/h4-12H,13H2,1-3H3,(H,23,29)(H,24,25,26). The van der Waals surface area contributed by atoms with Crippen LogP contribution < -0.4 is 15.5 Å². The van der Waals surface area contributed by atoms with Crippen molar-refractivity contribution >= 4 is 50.0 Å². The second-order valence-corrected chi connectivity index (χ2v) is 7.91. The molecular weight excluding hydrogens is 396 g/mol. The molecule has 3 heterocycles. The summed E-state index contributed by atoms with van der Waals surface area (Å²) in [5, 5.41) is 6.56. The van der Waals surface area contributed by atoms with Crippen molar-refractivity contribution < 1.29 is 4.79 Å². The summed E-state index contributed by atoms with van der Waals surface area (Å²) in [7, 11) is 3.63. The van der Waals surface area contributed by atoms with Gasteiger partial charge < -0.3 is 15.5 Å². The van der Waals surface area contributed by atoms with E-state index < -0.39 is 0 Å². The Morgan fingerprint density at radius 1 is 1.10 bits per heavy atom. The topological polar surface area (TPSA) is 83.0 Å². The van der Waals surface area contributed by atoms with Crippen LogP contribution in [0.4, 0.5) is 22.5 Å². The molecule has 1 amide bonds. The minimum Gasteiger partial charge on any atom is -0.359 e. The molecule has 2 N–H and O–H groups in total. The number of rotatable bonds is 6. The number of hydrogen-bond donors (Lipinski definition) is 2. The van der Waals surface area contributed by atoms with Crippen molar-refractivity contribution in [2.45, 2.75) is 13.3 Å². The summed E-state index contributed by atoms with van der Waals surface area (Å²) < 4.78 is 0. The summed E-state index contributed by atoms with van der Waals surface area (Å²) >= 11 is 1.47. The van der Waals surface area contributed by atoms with Gasteiger partial charge in [0.1, 0.15) is 22.0 Å². The van der Waals surface area contributed by atoms with Gasteiger partial charge in [0.2, 0.25) is 5.91 Å². The molecule has 0 bridgehead atoms. The highest BCUT2D eigenvalue weighted by atomic mass is 32.1. The summed E-state index contributed by atoms with van der Waals surface area (Å²) in [5.74, 6) is 1.46. The lowest BCUT2D eigenvalue weighted by atomic mass is 10.2. The Kier molecular flexibility index (Phi) is 5.58. The van der Waals surface area contributed by atoms with E-state index in [0.717, 1.165) is 27.4 Å². The van der Waals surface area contributed by atoms with E-state index in [9.17, 15) is 4.79 Å². The summed E-state index contributed by atoms with van der Waals surface area (Å²) in [6.45, 7) is 2.07. The van der Waals surface area contributed by atoms with Crippen LogP contribution in [0, 0.1) is 6.92 Å². The number of fused-ring (bicyclic) bond motifs is 1. The minimum atomic E-state index is -0.0402. The average molecular weight is 419 g/mol. The van der Waals surface area contributed by atoms with Crippen molar-refractivity contribution in [3.63, 3.8) is 0 Å². The van der Waals surface area contributed by atoms with Crippen molar-refractivity contribution in [1.82, 2.24) is 20.3 Å². The number of likely N-dealkylation sites (N-methyl/N-ethyl adjacent to an activating group) is 1. The largest absolute Gasteiger partial charge is 0.359 e. The van der Waals surface area contributed by atoms with Gasteiger partial charge in [0.25, 0.3) is 0 Å². The summed E-state index contributed by atoms with van der Waals surface area (Å²) in [6, 6.07) is 16.0. The maximum Gasteiger partial charge on any atom is 0.224 e. The molecule has 7 nitrogen and oxygen atoms in total. The summed E-state index contributed by atoms with van der Waals surface area (Å²) in [5.41, 5.74) is 4.01. The minimum absolute atomic E-state index is 0.0402. The number of benzene rings is 1. The molecule has 0 aliphatic rings. The van der Waals surface area contributed by atoms with Gasteiger partial charge in [0.05, 0.1) is 6.42 Å². The van der Waals surface area contributed by atoms with Crippen LogP contribution in [0.2, 0.25) is 0 Å². The number of carbonyl (C=O) groups excluding carboxylic acids is 1. The average Bonchev–Trinajstić information content (AvgIpc) is 3.15. The third-order valence-corrected chi connectivity index (χ3v) is 5.59. The number of thiazole rings is 1. The van der Waals surface area contributed by atoms with Gasteiger partial charge in [-0.3, -0.25) is 4.79 Å². The first-order valence-electron chi connectivity index (χ1n) is 9.52. The van der Waals surface area contributed by atoms with Gasteiger partial charge in [-0.15, -0.1) is 0 Å². The zero-order chi connectivity index (χ0) is 21.1. The maximum absolute atomic E-state index is 11.6. The van der Waals surface area contributed by atoms with Gasteiger partial charge in [0.15, 0.2) is 5.13 Å². The summed E-state index contributed by atoms with van der Waals surface area (Å²) in [6.07, 6.45) is 1.99. The Bertz CT molecular complexity index is 1190. The molecular formula is C22H22N6OS. The molecule has 8 heteroatoms. The molecule has 0 unspecified atom stereocenters. The molecule has 4 aromatic rings. The number of hydrogen-bond acceptors (Lipinski definition) is 7. The van der Waals surface area contributed by atoms with E-state index in [2.05, 4.69) is 56.7 Å². The zero-order valence-electron chi connectivity index (χ0n) is 17.0. The van der Waals surface area contributed by atoms with Crippen molar-refractivity contribution in [1.29, 1.82) is 0 Å². The van der Waals surface area contributed by atoms with Crippen LogP contribution in [0.15, 0.2) is 54.7 Å². The Morgan fingerprint density at radius 3 is 2.67 bits per heavy atom. The molecule has 0 aliphatic heterocycles. The molecule has 0 radical (unpaired) electrons. The zero-order valence-corrected chi connectivity index (χ0v) is 17.8. The highest BCUT2D eigenvalue weighted by Crippen LogP contribution is 2.30. The van der Waals surface area contributed by atoms with Crippen LogP contribution in [0.25, 0.3) is 10.3 Å². The molecule has 30 heavy (non-hydrogen) atoms. The number of anilines is 4. The third-order valence-electron chi connectivity index (χ3n) is 4.71. The number of nitrogens with zero attached hydrogens (tertiary/aromatic N) is 4. The molecule has 4 rings (SSSR count). The highest BCUT2D eigenvalue weighted by molar-refractivity contribution is 7.21.